The average molecular weight is 489 g/mol. The number of benzene rings is 3. The van der Waals surface area contributed by atoms with Crippen LogP contribution in [0.3, 0.4) is 0 Å². The highest BCUT2D eigenvalue weighted by molar-refractivity contribution is 5.81. The van der Waals surface area contributed by atoms with E-state index in [1.54, 1.807) is 12.1 Å². The Hall–Kier alpha value is -3.67. The minimum atomic E-state index is -0.691. The molecule has 3 aromatic rings. The van der Waals surface area contributed by atoms with Crippen LogP contribution in [-0.4, -0.2) is 29.4 Å². The van der Waals surface area contributed by atoms with Gasteiger partial charge in [-0.25, -0.2) is 4.39 Å². The van der Waals surface area contributed by atoms with E-state index in [-0.39, 0.29) is 36.1 Å². The zero-order valence-corrected chi connectivity index (χ0v) is 21.0. The van der Waals surface area contributed by atoms with Crippen molar-refractivity contribution >= 4 is 11.8 Å². The van der Waals surface area contributed by atoms with Gasteiger partial charge in [-0.2, -0.15) is 0 Å². The first-order valence-corrected chi connectivity index (χ1v) is 12.5. The zero-order chi connectivity index (χ0) is 25.7. The maximum absolute atomic E-state index is 13.5. The van der Waals surface area contributed by atoms with E-state index in [1.807, 2.05) is 74.2 Å². The predicted octanol–water partition coefficient (Wildman–Crippen LogP) is 5.43. The third-order valence-electron chi connectivity index (χ3n) is 6.54. The lowest BCUT2D eigenvalue weighted by Gasteiger charge is -2.39. The fourth-order valence-electron chi connectivity index (χ4n) is 4.67. The lowest BCUT2D eigenvalue weighted by molar-refractivity contribution is -0.136. The van der Waals surface area contributed by atoms with Gasteiger partial charge in [-0.05, 0) is 59.4 Å². The second-order valence-corrected chi connectivity index (χ2v) is 9.47. The van der Waals surface area contributed by atoms with E-state index in [2.05, 4.69) is 5.32 Å². The molecule has 36 heavy (non-hydrogen) atoms. The van der Waals surface area contributed by atoms with E-state index in [1.165, 1.54) is 17.7 Å². The van der Waals surface area contributed by atoms with Gasteiger partial charge in [0.2, 0.25) is 5.91 Å². The Bertz CT molecular complexity index is 1210. The highest BCUT2D eigenvalue weighted by Gasteiger charge is 2.33. The summed E-state index contributed by atoms with van der Waals surface area (Å²) in [4.78, 5) is 27.9. The molecule has 3 aromatic carbocycles. The standard InChI is InChI=1S/C30H33FN2O3/c1-4-27(29(34)32-19-21-9-8-12-24(31)17-21)36-25-14-13-22-15-16-33(30(35)20(2)3)28(26(22)18-25)23-10-6-5-7-11-23/h5-14,17-18,20,27-28H,4,15-16,19H2,1-3H3,(H,32,34)/t27-,28+/m1/s1. The molecular weight excluding hydrogens is 455 g/mol. The van der Waals surface area contributed by atoms with Gasteiger partial charge in [0.1, 0.15) is 11.6 Å². The number of ether oxygens (including phenoxy) is 1. The molecule has 0 saturated heterocycles. The lowest BCUT2D eigenvalue weighted by atomic mass is 9.87. The summed E-state index contributed by atoms with van der Waals surface area (Å²) in [7, 11) is 0. The summed E-state index contributed by atoms with van der Waals surface area (Å²) < 4.78 is 19.6. The molecule has 188 valence electrons. The smallest absolute Gasteiger partial charge is 0.261 e. The van der Waals surface area contributed by atoms with Crippen LogP contribution in [-0.2, 0) is 22.6 Å². The van der Waals surface area contributed by atoms with Crippen molar-refractivity contribution in [2.45, 2.75) is 52.3 Å². The Morgan fingerprint density at radius 2 is 1.83 bits per heavy atom. The summed E-state index contributed by atoms with van der Waals surface area (Å²) in [5.74, 6) is 0.00138. The van der Waals surface area contributed by atoms with Crippen molar-refractivity contribution in [1.29, 1.82) is 0 Å². The molecule has 0 fully saturated rings. The average Bonchev–Trinajstić information content (AvgIpc) is 2.89. The van der Waals surface area contributed by atoms with Gasteiger partial charge in [-0.3, -0.25) is 9.59 Å². The number of rotatable bonds is 8. The fourth-order valence-corrected chi connectivity index (χ4v) is 4.67. The number of nitrogens with zero attached hydrogens (tertiary/aromatic N) is 1. The van der Waals surface area contributed by atoms with Crippen LogP contribution in [0, 0.1) is 11.7 Å². The maximum atomic E-state index is 13.5. The molecule has 1 aliphatic heterocycles. The van der Waals surface area contributed by atoms with Crippen molar-refractivity contribution in [3.05, 3.63) is 101 Å². The number of carbonyl (C=O) groups excluding carboxylic acids is 2. The molecule has 0 aliphatic carbocycles. The van der Waals surface area contributed by atoms with Crippen LogP contribution in [0.25, 0.3) is 0 Å². The van der Waals surface area contributed by atoms with Gasteiger partial charge >= 0.3 is 0 Å². The maximum Gasteiger partial charge on any atom is 0.261 e. The molecule has 2 amide bonds. The topological polar surface area (TPSA) is 58.6 Å². The molecule has 1 heterocycles. The number of carbonyl (C=O) groups is 2. The van der Waals surface area contributed by atoms with Crippen LogP contribution < -0.4 is 10.1 Å². The van der Waals surface area contributed by atoms with E-state index in [0.29, 0.717) is 24.3 Å². The van der Waals surface area contributed by atoms with Crippen molar-refractivity contribution in [2.75, 3.05) is 6.54 Å². The normalized spacial score (nSPS) is 15.8. The molecule has 1 aliphatic rings. The number of nitrogens with one attached hydrogen (secondary N) is 1. The molecule has 5 nitrogen and oxygen atoms in total. The van der Waals surface area contributed by atoms with Gasteiger partial charge in [-0.1, -0.05) is 69.3 Å². The quantitative estimate of drug-likeness (QED) is 0.460. The molecule has 0 bridgehead atoms. The van der Waals surface area contributed by atoms with E-state index in [0.717, 1.165) is 17.5 Å². The van der Waals surface area contributed by atoms with Crippen molar-refractivity contribution in [1.82, 2.24) is 10.2 Å². The number of amides is 2. The van der Waals surface area contributed by atoms with Crippen LogP contribution in [0.5, 0.6) is 5.75 Å². The number of fused-ring (bicyclic) bond motifs is 1. The van der Waals surface area contributed by atoms with Gasteiger partial charge in [0.25, 0.3) is 5.91 Å². The summed E-state index contributed by atoms with van der Waals surface area (Å²) in [5, 5.41) is 2.85. The lowest BCUT2D eigenvalue weighted by Crippen LogP contribution is -2.42. The molecule has 0 aromatic heterocycles. The molecule has 0 saturated carbocycles. The van der Waals surface area contributed by atoms with Crippen molar-refractivity contribution in [2.24, 2.45) is 5.92 Å². The summed E-state index contributed by atoms with van der Waals surface area (Å²) >= 11 is 0. The summed E-state index contributed by atoms with van der Waals surface area (Å²) in [6, 6.07) is 21.9. The van der Waals surface area contributed by atoms with Crippen molar-refractivity contribution in [3.63, 3.8) is 0 Å². The van der Waals surface area contributed by atoms with Crippen molar-refractivity contribution in [3.8, 4) is 5.75 Å². The van der Waals surface area contributed by atoms with Gasteiger partial charge in [0.05, 0.1) is 6.04 Å². The molecule has 0 unspecified atom stereocenters. The Morgan fingerprint density at radius 3 is 2.53 bits per heavy atom. The van der Waals surface area contributed by atoms with Gasteiger partial charge in [0, 0.05) is 19.0 Å². The van der Waals surface area contributed by atoms with Gasteiger partial charge < -0.3 is 15.0 Å². The third-order valence-corrected chi connectivity index (χ3v) is 6.54. The first-order chi connectivity index (χ1) is 17.4. The number of hydrogen-bond donors (Lipinski definition) is 1. The Kier molecular flexibility index (Phi) is 8.04. The first-order valence-electron chi connectivity index (χ1n) is 12.5. The van der Waals surface area contributed by atoms with E-state index in [4.69, 9.17) is 4.74 Å². The van der Waals surface area contributed by atoms with E-state index in [9.17, 15) is 14.0 Å². The van der Waals surface area contributed by atoms with E-state index < -0.39 is 6.10 Å². The molecule has 0 spiro atoms. The second-order valence-electron chi connectivity index (χ2n) is 9.47. The van der Waals surface area contributed by atoms with E-state index >= 15 is 0 Å². The molecule has 2 atom stereocenters. The molecule has 1 N–H and O–H groups in total. The summed E-state index contributed by atoms with van der Waals surface area (Å²) in [6.45, 7) is 6.62. The summed E-state index contributed by atoms with van der Waals surface area (Å²) in [5.41, 5.74) is 3.93. The Labute approximate surface area is 212 Å². The number of halogens is 1. The monoisotopic (exact) mass is 488 g/mol. The number of hydrogen-bond acceptors (Lipinski definition) is 3. The van der Waals surface area contributed by atoms with Crippen LogP contribution in [0.4, 0.5) is 4.39 Å². The van der Waals surface area contributed by atoms with Gasteiger partial charge in [0.15, 0.2) is 6.10 Å². The predicted molar refractivity (Wildman–Crippen MR) is 138 cm³/mol. The van der Waals surface area contributed by atoms with Crippen LogP contribution in [0.1, 0.15) is 55.5 Å². The highest BCUT2D eigenvalue weighted by Crippen LogP contribution is 2.38. The minimum Gasteiger partial charge on any atom is -0.481 e. The minimum absolute atomic E-state index is 0.108. The Morgan fingerprint density at radius 1 is 1.06 bits per heavy atom. The Balaban J connectivity index is 1.56. The first kappa shape index (κ1) is 25.4. The zero-order valence-electron chi connectivity index (χ0n) is 21.0. The fraction of sp³-hybridized carbons (Fsp3) is 0.333. The largest absolute Gasteiger partial charge is 0.481 e. The third kappa shape index (κ3) is 5.76. The van der Waals surface area contributed by atoms with Crippen LogP contribution in [0.15, 0.2) is 72.8 Å². The molecule has 0 radical (unpaired) electrons. The highest BCUT2D eigenvalue weighted by atomic mass is 19.1. The molecule has 6 heteroatoms. The summed E-state index contributed by atoms with van der Waals surface area (Å²) in [6.07, 6.45) is 0.554. The van der Waals surface area contributed by atoms with Gasteiger partial charge in [-0.15, -0.1) is 0 Å². The molecule has 4 rings (SSSR count). The second kappa shape index (κ2) is 11.4. The SMILES string of the molecule is CC[C@@H](Oc1ccc2c(c1)[C@H](c1ccccc1)N(C(=O)C(C)C)CC2)C(=O)NCc1cccc(F)c1. The molecular formula is C30H33FN2O3. The van der Waals surface area contributed by atoms with Crippen LogP contribution in [0.2, 0.25) is 0 Å². The van der Waals surface area contributed by atoms with Crippen LogP contribution >= 0.6 is 0 Å². The van der Waals surface area contributed by atoms with Crippen molar-refractivity contribution < 1.29 is 18.7 Å².